The molecule has 22 heavy (non-hydrogen) atoms. The van der Waals surface area contributed by atoms with Crippen molar-refractivity contribution in [1.29, 1.82) is 0 Å². The van der Waals surface area contributed by atoms with Crippen LogP contribution in [-0.2, 0) is 9.68 Å². The van der Waals surface area contributed by atoms with E-state index in [0.29, 0.717) is 36.5 Å². The molecule has 8 atom stereocenters. The zero-order chi connectivity index (χ0) is 15.3. The maximum atomic E-state index is 11.1. The molecule has 0 N–H and O–H groups in total. The first kappa shape index (κ1) is 12.9. The van der Waals surface area contributed by atoms with Crippen molar-refractivity contribution in [1.82, 2.24) is 0 Å². The van der Waals surface area contributed by atoms with E-state index in [-0.39, 0.29) is 11.8 Å². The van der Waals surface area contributed by atoms with E-state index >= 15 is 0 Å². The molecule has 4 unspecified atom stereocenters. The molecule has 7 aliphatic rings. The Balaban J connectivity index is 1.59. The van der Waals surface area contributed by atoms with E-state index in [9.17, 15) is 20.2 Å². The Hall–Kier alpha value is -1.60. The van der Waals surface area contributed by atoms with Gasteiger partial charge < -0.3 is 9.68 Å². The minimum atomic E-state index is -0.718. The SMILES string of the molecule is O=[N+]([O-])OC12CC3[C@H]4CC5C[C@@H]3[C@H](C1)C(O[N+](=O)[O-])(C5)[C@@H]4C2. The van der Waals surface area contributed by atoms with Crippen LogP contribution < -0.4 is 0 Å². The van der Waals surface area contributed by atoms with Gasteiger partial charge in [-0.15, -0.1) is 20.2 Å². The monoisotopic (exact) mass is 310 g/mol. The largest absolute Gasteiger partial charge is 0.307 e. The first-order chi connectivity index (χ1) is 10.4. The highest BCUT2D eigenvalue weighted by Crippen LogP contribution is 2.74. The van der Waals surface area contributed by atoms with Gasteiger partial charge in [-0.3, -0.25) is 0 Å². The molecule has 7 saturated carbocycles. The van der Waals surface area contributed by atoms with Crippen LogP contribution in [0.5, 0.6) is 0 Å². The molecule has 8 nitrogen and oxygen atoms in total. The van der Waals surface area contributed by atoms with E-state index in [1.165, 1.54) is 0 Å². The second-order valence-corrected chi connectivity index (χ2v) is 8.13. The van der Waals surface area contributed by atoms with E-state index in [1.54, 1.807) is 0 Å². The van der Waals surface area contributed by atoms with Gasteiger partial charge in [0.15, 0.2) is 0 Å². The lowest BCUT2D eigenvalue weighted by Gasteiger charge is -2.74. The maximum Gasteiger partial charge on any atom is 0.295 e. The van der Waals surface area contributed by atoms with Crippen LogP contribution in [0.15, 0.2) is 0 Å². The summed E-state index contributed by atoms with van der Waals surface area (Å²) in [7, 11) is 0. The van der Waals surface area contributed by atoms with Crippen molar-refractivity contribution in [3.05, 3.63) is 20.2 Å². The predicted octanol–water partition coefficient (Wildman–Crippen LogP) is 1.99. The molecule has 0 radical (unpaired) electrons. The van der Waals surface area contributed by atoms with Gasteiger partial charge in [-0.05, 0) is 74.0 Å². The van der Waals surface area contributed by atoms with Crippen LogP contribution in [0.4, 0.5) is 0 Å². The van der Waals surface area contributed by atoms with Crippen molar-refractivity contribution < 1.29 is 19.8 Å². The van der Waals surface area contributed by atoms with Crippen molar-refractivity contribution in [3.63, 3.8) is 0 Å². The molecule has 7 rings (SSSR count). The molecule has 0 saturated heterocycles. The fourth-order valence-corrected chi connectivity index (χ4v) is 7.39. The van der Waals surface area contributed by atoms with Crippen LogP contribution in [0.2, 0.25) is 0 Å². The highest BCUT2D eigenvalue weighted by Gasteiger charge is 2.75. The quantitative estimate of drug-likeness (QED) is 0.581. The first-order valence-corrected chi connectivity index (χ1v) is 8.09. The Kier molecular flexibility index (Phi) is 2.14. The molecule has 0 spiro atoms. The molecule has 120 valence electrons. The number of rotatable bonds is 4. The van der Waals surface area contributed by atoms with Crippen molar-refractivity contribution in [2.75, 3.05) is 0 Å². The molecule has 0 heterocycles. The van der Waals surface area contributed by atoms with E-state index in [4.69, 9.17) is 9.68 Å². The van der Waals surface area contributed by atoms with Gasteiger partial charge in [0.2, 0.25) is 0 Å². The molecule has 0 aromatic carbocycles. The second kappa shape index (κ2) is 3.65. The third-order valence-electron chi connectivity index (χ3n) is 7.51. The van der Waals surface area contributed by atoms with Gasteiger partial charge in [-0.25, -0.2) is 0 Å². The summed E-state index contributed by atoms with van der Waals surface area (Å²) in [5.41, 5.74) is -1.41. The Morgan fingerprint density at radius 1 is 0.818 bits per heavy atom. The minimum Gasteiger partial charge on any atom is -0.307 e. The summed E-state index contributed by atoms with van der Waals surface area (Å²) in [5, 5.41) is 20.7. The second-order valence-electron chi connectivity index (χ2n) is 8.13. The van der Waals surface area contributed by atoms with Crippen molar-refractivity contribution >= 4 is 0 Å². The molecule has 7 aliphatic carbocycles. The molecular weight excluding hydrogens is 292 g/mol. The topological polar surface area (TPSA) is 105 Å². The summed E-state index contributed by atoms with van der Waals surface area (Å²) < 4.78 is 0. The lowest BCUT2D eigenvalue weighted by atomic mass is 9.33. The molecular formula is C14H18N2O6. The normalized spacial score (nSPS) is 56.2. The number of hydrogen-bond acceptors (Lipinski definition) is 6. The molecule has 0 aromatic heterocycles. The Labute approximate surface area is 126 Å². The van der Waals surface area contributed by atoms with E-state index in [2.05, 4.69) is 0 Å². The van der Waals surface area contributed by atoms with E-state index in [1.807, 2.05) is 0 Å². The fourth-order valence-electron chi connectivity index (χ4n) is 7.39. The van der Waals surface area contributed by atoms with Gasteiger partial charge in [0.25, 0.3) is 10.2 Å². The van der Waals surface area contributed by atoms with Crippen LogP contribution in [0.3, 0.4) is 0 Å². The van der Waals surface area contributed by atoms with Crippen molar-refractivity contribution in [2.45, 2.75) is 49.7 Å². The van der Waals surface area contributed by atoms with Gasteiger partial charge >= 0.3 is 0 Å². The summed E-state index contributed by atoms with van der Waals surface area (Å²) >= 11 is 0. The van der Waals surface area contributed by atoms with Crippen molar-refractivity contribution in [3.8, 4) is 0 Å². The number of hydrogen-bond donors (Lipinski definition) is 0. The zero-order valence-corrected chi connectivity index (χ0v) is 12.1. The number of nitrogens with zero attached hydrogens (tertiary/aromatic N) is 2. The van der Waals surface area contributed by atoms with Gasteiger partial charge in [-0.1, -0.05) is 0 Å². The average molecular weight is 310 g/mol. The standard InChI is InChI=1S/C14H18N2O6/c17-15(18)21-13-4-10-8-1-7-2-9(10)12(6-13)14(3-7,11(8)5-13)22-16(19)20/h7-12H,1-6H2/t7?,8-,9+,10?,11-,12+,13?,14?. The summed E-state index contributed by atoms with van der Waals surface area (Å²) in [6, 6.07) is 0. The Morgan fingerprint density at radius 3 is 1.95 bits per heavy atom. The van der Waals surface area contributed by atoms with Gasteiger partial charge in [0.05, 0.1) is 0 Å². The maximum absolute atomic E-state index is 11.1. The van der Waals surface area contributed by atoms with Crippen LogP contribution in [-0.4, -0.2) is 21.4 Å². The van der Waals surface area contributed by atoms with E-state index < -0.39 is 21.4 Å². The highest BCUT2D eigenvalue weighted by atomic mass is 17.0. The molecule has 8 heteroatoms. The van der Waals surface area contributed by atoms with Gasteiger partial charge in [0, 0.05) is 0 Å². The Morgan fingerprint density at radius 2 is 1.41 bits per heavy atom. The van der Waals surface area contributed by atoms with Crippen molar-refractivity contribution in [2.24, 2.45) is 35.5 Å². The summed E-state index contributed by atoms with van der Waals surface area (Å²) in [6.07, 6.45) is 4.79. The summed E-state index contributed by atoms with van der Waals surface area (Å²) in [5.74, 6) is 1.90. The first-order valence-electron chi connectivity index (χ1n) is 8.09. The lowest BCUT2D eigenvalue weighted by molar-refractivity contribution is -0.804. The van der Waals surface area contributed by atoms with Gasteiger partial charge in [0.1, 0.15) is 11.2 Å². The molecule has 8 bridgehead atoms. The molecule has 0 aromatic rings. The van der Waals surface area contributed by atoms with Crippen LogP contribution in [0.25, 0.3) is 0 Å². The van der Waals surface area contributed by atoms with E-state index in [0.717, 1.165) is 25.7 Å². The molecule has 0 amide bonds. The minimum absolute atomic E-state index is 0.0446. The predicted molar refractivity (Wildman–Crippen MR) is 70.3 cm³/mol. The summed E-state index contributed by atoms with van der Waals surface area (Å²) in [6.45, 7) is 0. The smallest absolute Gasteiger partial charge is 0.295 e. The fraction of sp³-hybridized carbons (Fsp3) is 1.00. The highest BCUT2D eigenvalue weighted by molar-refractivity contribution is 5.23. The zero-order valence-electron chi connectivity index (χ0n) is 12.1. The third-order valence-corrected chi connectivity index (χ3v) is 7.51. The third kappa shape index (κ3) is 1.34. The molecule has 7 fully saturated rings. The van der Waals surface area contributed by atoms with Gasteiger partial charge in [-0.2, -0.15) is 0 Å². The average Bonchev–Trinajstić information content (AvgIpc) is 2.42. The molecule has 0 aliphatic heterocycles. The lowest BCUT2D eigenvalue weighted by Crippen LogP contribution is -2.76. The summed E-state index contributed by atoms with van der Waals surface area (Å²) in [4.78, 5) is 32.5. The van der Waals surface area contributed by atoms with Crippen LogP contribution >= 0.6 is 0 Å². The van der Waals surface area contributed by atoms with Crippen LogP contribution in [0, 0.1) is 55.7 Å². The van der Waals surface area contributed by atoms with Crippen LogP contribution in [0.1, 0.15) is 38.5 Å². The Bertz CT molecular complexity index is 556.